The minimum Gasteiger partial charge on any atom is -0.433 e. The van der Waals surface area contributed by atoms with E-state index < -0.39 is 6.61 Å². The van der Waals surface area contributed by atoms with Crippen LogP contribution in [0.25, 0.3) is 0 Å². The summed E-state index contributed by atoms with van der Waals surface area (Å²) in [5, 5.41) is 6.74. The number of hydrogen-bond donors (Lipinski definition) is 2. The summed E-state index contributed by atoms with van der Waals surface area (Å²) in [6.45, 7) is 3.04. The number of guanidine groups is 1. The van der Waals surface area contributed by atoms with Gasteiger partial charge in [0.05, 0.1) is 5.69 Å². The predicted octanol–water partition coefficient (Wildman–Crippen LogP) is 3.24. The number of rotatable bonds is 11. The predicted molar refractivity (Wildman–Crippen MR) is 109 cm³/mol. The Hall–Kier alpha value is -2.09. The lowest BCUT2D eigenvalue weighted by molar-refractivity contribution is -0.0495. The third-order valence-electron chi connectivity index (χ3n) is 4.57. The molecule has 0 amide bonds. The second-order valence-electron chi connectivity index (χ2n) is 6.74. The average Bonchev–Trinajstić information content (AvgIpc) is 3.13. The molecule has 1 heterocycles. The Bertz CT molecular complexity index is 601. The van der Waals surface area contributed by atoms with Gasteiger partial charge >= 0.3 is 6.61 Å². The highest BCUT2D eigenvalue weighted by molar-refractivity contribution is 5.80. The molecule has 1 unspecified atom stereocenters. The van der Waals surface area contributed by atoms with Crippen LogP contribution >= 0.6 is 0 Å². The Kier molecular flexibility index (Phi) is 9.82. The van der Waals surface area contributed by atoms with Gasteiger partial charge in [0.1, 0.15) is 5.75 Å². The number of methoxy groups -OCH3 is 1. The summed E-state index contributed by atoms with van der Waals surface area (Å²) in [6, 6.07) is 7.14. The first-order valence-electron chi connectivity index (χ1n) is 9.96. The first kappa shape index (κ1) is 22.2. The molecule has 1 atom stereocenters. The molecular weight excluding hydrogens is 366 g/mol. The van der Waals surface area contributed by atoms with Crippen LogP contribution in [0.1, 0.15) is 32.6 Å². The van der Waals surface area contributed by atoms with Crippen LogP contribution in [0.4, 0.5) is 14.5 Å². The molecule has 0 saturated carbocycles. The van der Waals surface area contributed by atoms with E-state index in [2.05, 4.69) is 25.3 Å². The van der Waals surface area contributed by atoms with Crippen LogP contribution in [-0.4, -0.2) is 58.5 Å². The van der Waals surface area contributed by atoms with Gasteiger partial charge in [0.15, 0.2) is 5.96 Å². The van der Waals surface area contributed by atoms with Gasteiger partial charge in [-0.3, -0.25) is 4.99 Å². The highest BCUT2D eigenvalue weighted by Crippen LogP contribution is 2.31. The fourth-order valence-electron chi connectivity index (χ4n) is 3.25. The van der Waals surface area contributed by atoms with Gasteiger partial charge in [-0.05, 0) is 44.7 Å². The van der Waals surface area contributed by atoms with Crippen LogP contribution in [-0.2, 0) is 4.74 Å². The first-order chi connectivity index (χ1) is 13.6. The monoisotopic (exact) mass is 398 g/mol. The zero-order valence-electron chi connectivity index (χ0n) is 16.8. The number of alkyl halides is 2. The lowest BCUT2D eigenvalue weighted by Gasteiger charge is -2.22. The molecule has 28 heavy (non-hydrogen) atoms. The number of nitrogens with one attached hydrogen (secondary N) is 2. The summed E-state index contributed by atoms with van der Waals surface area (Å²) >= 11 is 0. The van der Waals surface area contributed by atoms with E-state index in [1.807, 2.05) is 19.1 Å². The second kappa shape index (κ2) is 12.4. The quantitative estimate of drug-likeness (QED) is 0.340. The van der Waals surface area contributed by atoms with Crippen molar-refractivity contribution >= 4 is 11.6 Å². The van der Waals surface area contributed by atoms with Crippen molar-refractivity contribution in [1.29, 1.82) is 0 Å². The van der Waals surface area contributed by atoms with E-state index in [1.54, 1.807) is 19.2 Å². The van der Waals surface area contributed by atoms with E-state index >= 15 is 0 Å². The number of nitrogens with zero attached hydrogens (tertiary/aromatic N) is 2. The lowest BCUT2D eigenvalue weighted by Crippen LogP contribution is -2.44. The summed E-state index contributed by atoms with van der Waals surface area (Å²) in [7, 11) is 1.72. The Morgan fingerprint density at radius 1 is 1.29 bits per heavy atom. The summed E-state index contributed by atoms with van der Waals surface area (Å²) in [5.74, 6) is 1.02. The molecule has 1 aromatic rings. The molecule has 2 rings (SSSR count). The molecular formula is C20H32F2N4O2. The highest BCUT2D eigenvalue weighted by atomic mass is 19.3. The lowest BCUT2D eigenvalue weighted by atomic mass is 10.2. The Morgan fingerprint density at radius 2 is 2.11 bits per heavy atom. The molecule has 1 aliphatic heterocycles. The molecule has 1 aliphatic rings. The summed E-state index contributed by atoms with van der Waals surface area (Å²) < 4.78 is 35.0. The van der Waals surface area contributed by atoms with Crippen LogP contribution in [0.5, 0.6) is 5.75 Å². The maximum absolute atomic E-state index is 12.7. The fourth-order valence-corrected chi connectivity index (χ4v) is 3.25. The van der Waals surface area contributed by atoms with Gasteiger partial charge in [0.2, 0.25) is 0 Å². The van der Waals surface area contributed by atoms with Crippen molar-refractivity contribution in [3.8, 4) is 5.75 Å². The van der Waals surface area contributed by atoms with Crippen molar-refractivity contribution in [2.45, 2.75) is 45.3 Å². The molecule has 0 aromatic heterocycles. The molecule has 8 heteroatoms. The number of aliphatic imine (C=N–C) groups is 1. The van der Waals surface area contributed by atoms with Crippen molar-refractivity contribution in [1.82, 2.24) is 10.6 Å². The number of anilines is 1. The van der Waals surface area contributed by atoms with Gasteiger partial charge in [0, 0.05) is 45.9 Å². The summed E-state index contributed by atoms with van der Waals surface area (Å²) in [4.78, 5) is 6.71. The number of unbranched alkanes of at least 4 members (excludes halogenated alkanes) is 2. The van der Waals surface area contributed by atoms with Crippen molar-refractivity contribution in [3.63, 3.8) is 0 Å². The van der Waals surface area contributed by atoms with Crippen LogP contribution < -0.4 is 20.3 Å². The SMILES string of the molecule is CCNC(=NCCCCCOC)NC1CCN(c2ccccc2OC(F)F)C1. The molecule has 1 saturated heterocycles. The number of hydrogen-bond acceptors (Lipinski definition) is 4. The topological polar surface area (TPSA) is 58.1 Å². The van der Waals surface area contributed by atoms with E-state index in [9.17, 15) is 8.78 Å². The highest BCUT2D eigenvalue weighted by Gasteiger charge is 2.26. The maximum Gasteiger partial charge on any atom is 0.387 e. The van der Waals surface area contributed by atoms with Crippen molar-refractivity contribution in [3.05, 3.63) is 24.3 Å². The van der Waals surface area contributed by atoms with Crippen molar-refractivity contribution in [2.75, 3.05) is 44.8 Å². The number of benzene rings is 1. The van der Waals surface area contributed by atoms with Gasteiger partial charge in [-0.25, -0.2) is 0 Å². The molecule has 1 fully saturated rings. The second-order valence-corrected chi connectivity index (χ2v) is 6.74. The Morgan fingerprint density at radius 3 is 2.86 bits per heavy atom. The van der Waals surface area contributed by atoms with Crippen molar-refractivity contribution in [2.24, 2.45) is 4.99 Å². The van der Waals surface area contributed by atoms with Gasteiger partial charge in [-0.2, -0.15) is 8.78 Å². The summed E-state index contributed by atoms with van der Waals surface area (Å²) in [6.07, 6.45) is 4.07. The smallest absolute Gasteiger partial charge is 0.387 e. The van der Waals surface area contributed by atoms with Gasteiger partial charge < -0.3 is 25.0 Å². The number of para-hydroxylation sites is 2. The minimum absolute atomic E-state index is 0.200. The van der Waals surface area contributed by atoms with Gasteiger partial charge in [-0.15, -0.1) is 0 Å². The Balaban J connectivity index is 1.87. The third kappa shape index (κ3) is 7.50. The van der Waals surface area contributed by atoms with E-state index in [4.69, 9.17) is 4.74 Å². The molecule has 0 spiro atoms. The third-order valence-corrected chi connectivity index (χ3v) is 4.57. The molecule has 1 aromatic carbocycles. The van der Waals surface area contributed by atoms with Crippen molar-refractivity contribution < 1.29 is 18.3 Å². The molecule has 0 radical (unpaired) electrons. The molecule has 0 aliphatic carbocycles. The van der Waals surface area contributed by atoms with Crippen LogP contribution in [0.2, 0.25) is 0 Å². The van der Waals surface area contributed by atoms with Gasteiger partial charge in [-0.1, -0.05) is 12.1 Å². The van der Waals surface area contributed by atoms with E-state index in [0.717, 1.165) is 57.9 Å². The standard InChI is InChI=1S/C20H32F2N4O2/c1-3-23-20(24-12-7-4-8-14-27-2)25-16-11-13-26(15-16)17-9-5-6-10-18(17)28-19(21)22/h5-6,9-10,16,19H,3-4,7-8,11-15H2,1-2H3,(H2,23,24,25). The van der Waals surface area contributed by atoms with Crippen LogP contribution in [0.15, 0.2) is 29.3 Å². The molecule has 6 nitrogen and oxygen atoms in total. The molecule has 2 N–H and O–H groups in total. The maximum atomic E-state index is 12.7. The van der Waals surface area contributed by atoms with Gasteiger partial charge in [0.25, 0.3) is 0 Å². The number of halogens is 2. The number of ether oxygens (including phenoxy) is 2. The largest absolute Gasteiger partial charge is 0.433 e. The normalized spacial score (nSPS) is 17.2. The zero-order chi connectivity index (χ0) is 20.2. The van der Waals surface area contributed by atoms with E-state index in [-0.39, 0.29) is 11.8 Å². The molecule has 0 bridgehead atoms. The van der Waals surface area contributed by atoms with E-state index in [1.165, 1.54) is 0 Å². The van der Waals surface area contributed by atoms with E-state index in [0.29, 0.717) is 12.2 Å². The Labute approximate surface area is 166 Å². The average molecular weight is 398 g/mol. The zero-order valence-corrected chi connectivity index (χ0v) is 16.8. The van der Waals surface area contributed by atoms with Crippen LogP contribution in [0.3, 0.4) is 0 Å². The van der Waals surface area contributed by atoms with Crippen LogP contribution in [0, 0.1) is 0 Å². The fraction of sp³-hybridized carbons (Fsp3) is 0.650. The summed E-state index contributed by atoms with van der Waals surface area (Å²) in [5.41, 5.74) is 0.701. The minimum atomic E-state index is -2.82. The first-order valence-corrected chi connectivity index (χ1v) is 9.96. The molecule has 158 valence electrons.